The van der Waals surface area contributed by atoms with Crippen LogP contribution in [0.1, 0.15) is 91.7 Å². The lowest BCUT2D eigenvalue weighted by molar-refractivity contribution is -0.142. The van der Waals surface area contributed by atoms with Crippen molar-refractivity contribution in [1.82, 2.24) is 20.2 Å². The van der Waals surface area contributed by atoms with Crippen LogP contribution in [0.15, 0.2) is 66.9 Å². The van der Waals surface area contributed by atoms with Crippen LogP contribution in [0.4, 0.5) is 0 Å². The molecular weight excluding hydrogens is 825 g/mol. The third-order valence-electron chi connectivity index (χ3n) is 11.5. The van der Waals surface area contributed by atoms with Crippen molar-refractivity contribution in [3.63, 3.8) is 0 Å². The van der Waals surface area contributed by atoms with Gasteiger partial charge in [0.25, 0.3) is 0 Å². The molecular formula is C50H62N8O7. The van der Waals surface area contributed by atoms with Crippen molar-refractivity contribution < 1.29 is 33.4 Å². The van der Waals surface area contributed by atoms with Crippen molar-refractivity contribution in [1.29, 1.82) is 5.26 Å². The second-order valence-corrected chi connectivity index (χ2v) is 17.1. The Morgan fingerprint density at radius 3 is 2.20 bits per heavy atom. The molecule has 0 spiro atoms. The fourth-order valence-corrected chi connectivity index (χ4v) is 8.12. The summed E-state index contributed by atoms with van der Waals surface area (Å²) in [5.41, 5.74) is 22.7. The summed E-state index contributed by atoms with van der Waals surface area (Å²) in [6.07, 6.45) is 2.05. The molecule has 3 aromatic carbocycles. The van der Waals surface area contributed by atoms with E-state index in [0.717, 1.165) is 12.0 Å². The molecule has 7 N–H and O–H groups in total. The molecule has 1 aromatic heterocycles. The standard InChI is InChI=1S/C50H62N8O7/c1-30(2)23-33-8-11-35(12-9-33)48-55-29-40(32(4)56-48)43(60)28-37(16-18-52)50(63)58(5)47-36-13-15-46(65-22-20-54)39(27-36)38-25-34(10-14-45(38)64-21-19-53)26-41(42(59)7-6-17-51)57-49(62)31(3)24-44(47)61/h8-15,25,27,29-31,37,41,47H,6-7,16,18-24,26,28,52-54H2,1-5H3,(H,57,62)/t31-,37-,41+,47+/m1/s1. The fraction of sp³-hybridized carbons (Fsp3) is 0.440. The van der Waals surface area contributed by atoms with Crippen LogP contribution in [0.3, 0.4) is 0 Å². The smallest absolute Gasteiger partial charge is 0.226 e. The summed E-state index contributed by atoms with van der Waals surface area (Å²) >= 11 is 0. The highest BCUT2D eigenvalue weighted by atomic mass is 16.5. The number of benzene rings is 3. The second kappa shape index (κ2) is 23.5. The Labute approximate surface area is 381 Å². The average Bonchev–Trinajstić information content (AvgIpc) is 3.28. The number of hydrogen-bond acceptors (Lipinski definition) is 13. The molecule has 344 valence electrons. The van der Waals surface area contributed by atoms with E-state index in [0.29, 0.717) is 51.2 Å². The van der Waals surface area contributed by atoms with E-state index in [9.17, 15) is 29.2 Å². The number of likely N-dealkylation sites (N-methyl/N-ethyl adjacent to an activating group) is 1. The van der Waals surface area contributed by atoms with E-state index in [1.54, 1.807) is 44.2 Å². The highest BCUT2D eigenvalue weighted by Crippen LogP contribution is 2.41. The summed E-state index contributed by atoms with van der Waals surface area (Å²) in [5, 5.41) is 12.1. The zero-order valence-electron chi connectivity index (χ0n) is 38.1. The first-order chi connectivity index (χ1) is 31.2. The zero-order valence-corrected chi connectivity index (χ0v) is 38.1. The number of nitrogens with zero attached hydrogens (tertiary/aromatic N) is 4. The number of carbonyl (C=O) groups excluding carboxylic acids is 5. The van der Waals surface area contributed by atoms with Crippen LogP contribution in [0.25, 0.3) is 22.5 Å². The number of rotatable bonds is 19. The van der Waals surface area contributed by atoms with Gasteiger partial charge in [-0.1, -0.05) is 57.2 Å². The minimum Gasteiger partial charge on any atom is -0.492 e. The molecule has 2 heterocycles. The number of aromatic nitrogens is 2. The predicted molar refractivity (Wildman–Crippen MR) is 248 cm³/mol. The van der Waals surface area contributed by atoms with E-state index >= 15 is 0 Å². The number of Topliss-reactive ketones (excluding diaryl/α,β-unsaturated/α-hetero) is 3. The van der Waals surface area contributed by atoms with Gasteiger partial charge in [0.05, 0.1) is 23.4 Å². The van der Waals surface area contributed by atoms with Crippen molar-refractivity contribution >= 4 is 29.2 Å². The van der Waals surface area contributed by atoms with Crippen LogP contribution in [-0.4, -0.2) is 90.0 Å². The van der Waals surface area contributed by atoms with E-state index in [1.165, 1.54) is 23.7 Å². The number of ether oxygens (including phenoxy) is 2. The monoisotopic (exact) mass is 886 g/mol. The van der Waals surface area contributed by atoms with Crippen molar-refractivity contribution in [2.24, 2.45) is 35.0 Å². The number of hydrogen-bond donors (Lipinski definition) is 4. The molecule has 0 saturated heterocycles. The molecule has 65 heavy (non-hydrogen) atoms. The molecule has 1 aliphatic heterocycles. The van der Waals surface area contributed by atoms with E-state index in [-0.39, 0.29) is 88.5 Å². The molecule has 15 nitrogen and oxygen atoms in total. The van der Waals surface area contributed by atoms with E-state index in [4.69, 9.17) is 26.7 Å². The van der Waals surface area contributed by atoms with E-state index < -0.39 is 41.5 Å². The van der Waals surface area contributed by atoms with Crippen molar-refractivity contribution in [2.45, 2.75) is 84.7 Å². The van der Waals surface area contributed by atoms with Gasteiger partial charge in [-0.25, -0.2) is 9.97 Å². The molecule has 4 atom stereocenters. The lowest BCUT2D eigenvalue weighted by Crippen LogP contribution is -2.46. The van der Waals surface area contributed by atoms with Gasteiger partial charge in [0.2, 0.25) is 11.8 Å². The third kappa shape index (κ3) is 12.9. The molecule has 15 heteroatoms. The number of fused-ring (bicyclic) bond motifs is 5. The maximum atomic E-state index is 14.7. The highest BCUT2D eigenvalue weighted by Gasteiger charge is 2.36. The number of nitrogens with one attached hydrogen (secondary N) is 1. The third-order valence-corrected chi connectivity index (χ3v) is 11.5. The Bertz CT molecular complexity index is 2380. The summed E-state index contributed by atoms with van der Waals surface area (Å²) in [7, 11) is 1.50. The van der Waals surface area contributed by atoms with Crippen LogP contribution >= 0.6 is 0 Å². The van der Waals surface area contributed by atoms with Crippen molar-refractivity contribution in [3.05, 3.63) is 94.8 Å². The highest BCUT2D eigenvalue weighted by molar-refractivity contribution is 6.00. The van der Waals surface area contributed by atoms with Crippen LogP contribution in [0.2, 0.25) is 0 Å². The number of nitrogens with two attached hydrogens (primary N) is 3. The number of amides is 2. The van der Waals surface area contributed by atoms with Gasteiger partial charge < -0.3 is 36.9 Å². The molecule has 0 saturated carbocycles. The lowest BCUT2D eigenvalue weighted by atomic mass is 9.88. The number of nitriles is 1. The zero-order chi connectivity index (χ0) is 47.2. The maximum Gasteiger partial charge on any atom is 0.226 e. The number of aryl methyl sites for hydroxylation is 1. The summed E-state index contributed by atoms with van der Waals surface area (Å²) < 4.78 is 12.2. The molecule has 0 radical (unpaired) electrons. The Morgan fingerprint density at radius 2 is 1.58 bits per heavy atom. The van der Waals surface area contributed by atoms with Gasteiger partial charge in [0.1, 0.15) is 30.8 Å². The average molecular weight is 887 g/mol. The minimum absolute atomic E-state index is 0.0306. The topological polar surface area (TPSA) is 247 Å². The molecule has 4 aromatic rings. The molecule has 0 fully saturated rings. The first-order valence-corrected chi connectivity index (χ1v) is 22.3. The van der Waals surface area contributed by atoms with Gasteiger partial charge in [-0.05, 0) is 79.6 Å². The summed E-state index contributed by atoms with van der Waals surface area (Å²) in [5.74, 6) is -2.17. The number of ketones is 3. The Hall–Kier alpha value is -6.34. The van der Waals surface area contributed by atoms with Gasteiger partial charge in [-0.2, -0.15) is 5.26 Å². The minimum atomic E-state index is -1.24. The lowest BCUT2D eigenvalue weighted by Gasteiger charge is -2.32. The molecule has 0 aliphatic carbocycles. The Morgan fingerprint density at radius 1 is 0.923 bits per heavy atom. The first-order valence-electron chi connectivity index (χ1n) is 22.3. The molecule has 0 unspecified atom stereocenters. The van der Waals surface area contributed by atoms with Gasteiger partial charge in [0.15, 0.2) is 23.2 Å². The van der Waals surface area contributed by atoms with Crippen LogP contribution in [0, 0.1) is 36.0 Å². The van der Waals surface area contributed by atoms with Crippen LogP contribution in [0.5, 0.6) is 11.5 Å². The van der Waals surface area contributed by atoms with Gasteiger partial charge >= 0.3 is 0 Å². The summed E-state index contributed by atoms with van der Waals surface area (Å²) in [6.45, 7) is 8.50. The quantitative estimate of drug-likeness (QED) is 0.0882. The Balaban J connectivity index is 1.55. The second-order valence-electron chi connectivity index (χ2n) is 17.1. The summed E-state index contributed by atoms with van der Waals surface area (Å²) in [6, 6.07) is 18.3. The van der Waals surface area contributed by atoms with Gasteiger partial charge in [-0.15, -0.1) is 0 Å². The van der Waals surface area contributed by atoms with Crippen LogP contribution < -0.4 is 32.0 Å². The maximum absolute atomic E-state index is 14.7. The summed E-state index contributed by atoms with van der Waals surface area (Å²) in [4.78, 5) is 81.2. The van der Waals surface area contributed by atoms with Crippen molar-refractivity contribution in [2.75, 3.05) is 39.9 Å². The number of carbonyl (C=O) groups is 5. The predicted octanol–water partition coefficient (Wildman–Crippen LogP) is 5.24. The van der Waals surface area contributed by atoms with E-state index in [1.807, 2.05) is 36.4 Å². The molecule has 2 amide bonds. The largest absolute Gasteiger partial charge is 0.492 e. The van der Waals surface area contributed by atoms with E-state index in [2.05, 4.69) is 29.1 Å². The van der Waals surface area contributed by atoms with Gasteiger partial charge in [0, 0.05) is 80.5 Å². The van der Waals surface area contributed by atoms with Gasteiger partial charge in [-0.3, -0.25) is 24.0 Å². The normalized spacial score (nSPS) is 16.8. The van der Waals surface area contributed by atoms with Crippen LogP contribution in [-0.2, 0) is 32.0 Å². The first kappa shape index (κ1) is 49.7. The molecule has 5 rings (SSSR count). The van der Waals surface area contributed by atoms with Crippen molar-refractivity contribution in [3.8, 4) is 40.1 Å². The fourth-order valence-electron chi connectivity index (χ4n) is 8.12. The SMILES string of the molecule is Cc1nc(-c2ccc(CC(C)C)cc2)ncc1C(=O)C[C@@H](CCN)C(=O)N(C)[C@@H]1C(=O)C[C@@H](C)C(=O)N[C@H](C(=O)CCC#N)Cc2ccc(OCCN)c(c2)-c2cc1ccc2OCCN. The Kier molecular flexibility index (Phi) is 18.0. The molecule has 1 aliphatic rings. The molecule has 4 bridgehead atoms.